The molecule has 0 saturated carbocycles. The van der Waals surface area contributed by atoms with Crippen LogP contribution in [0.4, 0.5) is 10.5 Å². The van der Waals surface area contributed by atoms with E-state index in [1.165, 1.54) is 8.61 Å². The normalized spacial score (nSPS) is 17.8. The van der Waals surface area contributed by atoms with Gasteiger partial charge in [-0.05, 0) is 51.3 Å². The van der Waals surface area contributed by atoms with Crippen LogP contribution < -0.4 is 10.0 Å². The minimum atomic E-state index is -3.82. The maximum atomic E-state index is 13.9. The lowest BCUT2D eigenvalue weighted by Gasteiger charge is -2.53. The molecule has 4 rings (SSSR count). The number of nitrogens with two attached hydrogens (primary N) is 1. The van der Waals surface area contributed by atoms with E-state index in [1.807, 2.05) is 39.0 Å². The zero-order valence-electron chi connectivity index (χ0n) is 21.7. The predicted molar refractivity (Wildman–Crippen MR) is 142 cm³/mol. The first kappa shape index (κ1) is 27.1. The summed E-state index contributed by atoms with van der Waals surface area (Å²) in [6, 6.07) is 15.9. The average molecular weight is 529 g/mol. The number of benzene rings is 2. The number of carbonyl (C=O) groups is 2. The summed E-state index contributed by atoms with van der Waals surface area (Å²) in [4.78, 5) is 25.9. The molecule has 2 N–H and O–H groups in total. The molecule has 9 nitrogen and oxygen atoms in total. The van der Waals surface area contributed by atoms with E-state index in [2.05, 4.69) is 0 Å². The number of ether oxygens (including phenoxy) is 1. The van der Waals surface area contributed by atoms with Crippen molar-refractivity contribution < 1.29 is 22.7 Å². The van der Waals surface area contributed by atoms with Crippen LogP contribution in [0.1, 0.15) is 49.5 Å². The van der Waals surface area contributed by atoms with Crippen LogP contribution in [0.25, 0.3) is 0 Å². The molecule has 1 amide bonds. The second-order valence-electron chi connectivity index (χ2n) is 10.9. The van der Waals surface area contributed by atoms with E-state index in [1.54, 1.807) is 41.3 Å². The molecule has 0 bridgehead atoms. The first-order chi connectivity index (χ1) is 17.4. The number of Topliss-reactive ketones (excluding diaryl/α,β-unsaturated/α-hetero) is 1. The van der Waals surface area contributed by atoms with Gasteiger partial charge in [0.05, 0.1) is 18.8 Å². The number of piperidine rings is 1. The van der Waals surface area contributed by atoms with Crippen molar-refractivity contribution in [2.75, 3.05) is 37.0 Å². The van der Waals surface area contributed by atoms with Crippen LogP contribution in [-0.4, -0.2) is 67.8 Å². The Kier molecular flexibility index (Phi) is 7.64. The molecule has 0 atom stereocenters. The Labute approximate surface area is 219 Å². The van der Waals surface area contributed by atoms with Gasteiger partial charge >= 0.3 is 16.3 Å². The summed E-state index contributed by atoms with van der Waals surface area (Å²) in [7, 11) is -3.82. The Balaban J connectivity index is 1.45. The SMILES string of the molecule is CC(C)(C)OC(=O)N1CC2(CCN(S(=O)(=O)N(Cc3ccc(C(=O)CN)cc3)c3ccccc3)CC2)C1. The Hall–Kier alpha value is -2.95. The molecule has 2 heterocycles. The monoisotopic (exact) mass is 528 g/mol. The van der Waals surface area contributed by atoms with Gasteiger partial charge in [-0.25, -0.2) is 4.79 Å². The van der Waals surface area contributed by atoms with E-state index in [4.69, 9.17) is 10.5 Å². The van der Waals surface area contributed by atoms with Crippen LogP contribution in [0.5, 0.6) is 0 Å². The lowest BCUT2D eigenvalue weighted by molar-refractivity contribution is -0.0521. The van der Waals surface area contributed by atoms with Crippen LogP contribution >= 0.6 is 0 Å². The summed E-state index contributed by atoms with van der Waals surface area (Å²) in [5, 5.41) is 0. The number of rotatable bonds is 7. The minimum Gasteiger partial charge on any atom is -0.444 e. The second-order valence-corrected chi connectivity index (χ2v) is 12.8. The standard InChI is InChI=1S/C27H36N4O5S/c1-26(2,3)36-25(33)29-19-27(20-29)13-15-30(16-14-27)37(34,35)31(23-7-5-4-6-8-23)18-21-9-11-22(12-10-21)24(32)17-28/h4-12H,13-20,28H2,1-3H3. The zero-order valence-corrected chi connectivity index (χ0v) is 22.5. The smallest absolute Gasteiger partial charge is 0.410 e. The van der Waals surface area contributed by atoms with Crippen molar-refractivity contribution in [1.29, 1.82) is 0 Å². The Bertz CT molecular complexity index is 1210. The van der Waals surface area contributed by atoms with Crippen LogP contribution in [0, 0.1) is 5.41 Å². The van der Waals surface area contributed by atoms with Gasteiger partial charge in [-0.1, -0.05) is 42.5 Å². The third-order valence-electron chi connectivity index (χ3n) is 6.92. The quantitative estimate of drug-likeness (QED) is 0.551. The fraction of sp³-hybridized carbons (Fsp3) is 0.481. The van der Waals surface area contributed by atoms with Crippen LogP contribution in [0.2, 0.25) is 0 Å². The first-order valence-electron chi connectivity index (χ1n) is 12.6. The highest BCUT2D eigenvalue weighted by Crippen LogP contribution is 2.42. The fourth-order valence-electron chi connectivity index (χ4n) is 4.85. The summed E-state index contributed by atoms with van der Waals surface area (Å²) in [5.74, 6) is -0.164. The maximum Gasteiger partial charge on any atom is 0.410 e. The summed E-state index contributed by atoms with van der Waals surface area (Å²) >= 11 is 0. The van der Waals surface area contributed by atoms with Gasteiger partial charge in [0.1, 0.15) is 5.60 Å². The van der Waals surface area contributed by atoms with Crippen LogP contribution in [0.3, 0.4) is 0 Å². The third-order valence-corrected chi connectivity index (χ3v) is 8.84. The van der Waals surface area contributed by atoms with Crippen molar-refractivity contribution >= 4 is 27.8 Å². The molecule has 0 unspecified atom stereocenters. The molecule has 0 aromatic heterocycles. The van der Waals surface area contributed by atoms with Gasteiger partial charge in [-0.3, -0.25) is 9.10 Å². The third kappa shape index (κ3) is 6.14. The molecule has 1 spiro atoms. The Morgan fingerprint density at radius 1 is 1.00 bits per heavy atom. The maximum absolute atomic E-state index is 13.9. The van der Waals surface area contributed by atoms with E-state index in [0.29, 0.717) is 50.3 Å². The average Bonchev–Trinajstić information content (AvgIpc) is 2.85. The molecular formula is C27H36N4O5S. The highest BCUT2D eigenvalue weighted by molar-refractivity contribution is 7.90. The number of amides is 1. The molecule has 2 aliphatic heterocycles. The van der Waals surface area contributed by atoms with Crippen molar-refractivity contribution in [3.63, 3.8) is 0 Å². The fourth-order valence-corrected chi connectivity index (χ4v) is 6.47. The lowest BCUT2D eigenvalue weighted by Crippen LogP contribution is -2.63. The molecule has 37 heavy (non-hydrogen) atoms. The molecule has 200 valence electrons. The molecule has 2 aromatic rings. The molecule has 2 aliphatic rings. The van der Waals surface area contributed by atoms with Crippen molar-refractivity contribution in [1.82, 2.24) is 9.21 Å². The van der Waals surface area contributed by atoms with Gasteiger partial charge in [-0.15, -0.1) is 0 Å². The topological polar surface area (TPSA) is 113 Å². The van der Waals surface area contributed by atoms with Crippen LogP contribution in [0.15, 0.2) is 54.6 Å². The van der Waals surface area contributed by atoms with E-state index in [-0.39, 0.29) is 30.4 Å². The van der Waals surface area contributed by atoms with Gasteiger partial charge in [0.2, 0.25) is 0 Å². The second kappa shape index (κ2) is 10.4. The van der Waals surface area contributed by atoms with E-state index in [9.17, 15) is 18.0 Å². The summed E-state index contributed by atoms with van der Waals surface area (Å²) in [6.45, 7) is 7.55. The Morgan fingerprint density at radius 3 is 2.14 bits per heavy atom. The highest BCUT2D eigenvalue weighted by Gasteiger charge is 2.49. The van der Waals surface area contributed by atoms with E-state index < -0.39 is 15.8 Å². The number of hydrogen-bond donors (Lipinski definition) is 1. The summed E-state index contributed by atoms with van der Waals surface area (Å²) in [6.07, 6.45) is 1.05. The molecule has 0 aliphatic carbocycles. The number of para-hydroxylation sites is 1. The van der Waals surface area contributed by atoms with Crippen molar-refractivity contribution in [3.8, 4) is 0 Å². The van der Waals surface area contributed by atoms with Crippen molar-refractivity contribution in [3.05, 3.63) is 65.7 Å². The largest absolute Gasteiger partial charge is 0.444 e. The molecule has 2 saturated heterocycles. The predicted octanol–water partition coefficient (Wildman–Crippen LogP) is 3.41. The summed E-state index contributed by atoms with van der Waals surface area (Å²) < 4.78 is 36.1. The van der Waals surface area contributed by atoms with Crippen LogP contribution in [-0.2, 0) is 21.5 Å². The number of carbonyl (C=O) groups excluding carboxylic acids is 2. The van der Waals surface area contributed by atoms with Crippen molar-refractivity contribution in [2.24, 2.45) is 11.1 Å². The molecule has 0 radical (unpaired) electrons. The van der Waals surface area contributed by atoms with Crippen molar-refractivity contribution in [2.45, 2.75) is 45.8 Å². The molecule has 2 fully saturated rings. The highest BCUT2D eigenvalue weighted by atomic mass is 32.2. The summed E-state index contributed by atoms with van der Waals surface area (Å²) in [5.41, 5.74) is 6.68. The van der Waals surface area contributed by atoms with Gasteiger partial charge in [0, 0.05) is 37.2 Å². The van der Waals surface area contributed by atoms with Gasteiger partial charge in [0.25, 0.3) is 0 Å². The molecule has 10 heteroatoms. The number of anilines is 1. The number of nitrogens with zero attached hydrogens (tertiary/aromatic N) is 3. The van der Waals surface area contributed by atoms with E-state index >= 15 is 0 Å². The number of ketones is 1. The molecular weight excluding hydrogens is 492 g/mol. The van der Waals surface area contributed by atoms with Gasteiger partial charge in [-0.2, -0.15) is 12.7 Å². The van der Waals surface area contributed by atoms with E-state index in [0.717, 1.165) is 5.56 Å². The zero-order chi connectivity index (χ0) is 26.8. The lowest BCUT2D eigenvalue weighted by atomic mass is 9.72. The number of hydrogen-bond acceptors (Lipinski definition) is 6. The van der Waals surface area contributed by atoms with Gasteiger partial charge in [0.15, 0.2) is 5.78 Å². The Morgan fingerprint density at radius 2 is 1.59 bits per heavy atom. The number of likely N-dealkylation sites (tertiary alicyclic amines) is 1. The first-order valence-corrected chi connectivity index (χ1v) is 14.0. The minimum absolute atomic E-state index is 0.0636. The van der Waals surface area contributed by atoms with Gasteiger partial charge < -0.3 is 15.4 Å². The molecule has 2 aromatic carbocycles.